The van der Waals surface area contributed by atoms with Gasteiger partial charge in [0.1, 0.15) is 10.6 Å². The molecule has 1 N–H and O–H groups in total. The van der Waals surface area contributed by atoms with Crippen molar-refractivity contribution in [2.24, 2.45) is 0 Å². The summed E-state index contributed by atoms with van der Waals surface area (Å²) < 4.78 is 0. The zero-order valence-electron chi connectivity index (χ0n) is 9.63. The van der Waals surface area contributed by atoms with Crippen molar-refractivity contribution >= 4 is 17.1 Å². The summed E-state index contributed by atoms with van der Waals surface area (Å²) in [4.78, 5) is 17.1. The molecule has 0 amide bonds. The normalized spacial score (nSPS) is 15.0. The zero-order chi connectivity index (χ0) is 11.6. The van der Waals surface area contributed by atoms with E-state index in [0.717, 1.165) is 15.6 Å². The molecule has 1 rings (SSSR count). The molecule has 0 spiro atoms. The Balaban J connectivity index is 2.75. The van der Waals surface area contributed by atoms with Gasteiger partial charge in [-0.3, -0.25) is 4.79 Å². The molecule has 0 aliphatic carbocycles. The molecule has 1 atom stereocenters. The van der Waals surface area contributed by atoms with Gasteiger partial charge in [-0.25, -0.2) is 4.98 Å². The Hall–Kier alpha value is -0.740. The van der Waals surface area contributed by atoms with Gasteiger partial charge in [-0.15, -0.1) is 11.3 Å². The molecule has 15 heavy (non-hydrogen) atoms. The molecule has 84 valence electrons. The quantitative estimate of drug-likeness (QED) is 0.856. The largest absolute Gasteiger partial charge is 0.382 e. The molecule has 4 heteroatoms. The number of hydrogen-bond donors (Lipinski definition) is 1. The number of nitrogens with zero attached hydrogens (tertiary/aromatic N) is 1. The van der Waals surface area contributed by atoms with E-state index in [4.69, 9.17) is 0 Å². The first-order valence-corrected chi connectivity index (χ1v) is 5.87. The number of aryl methyl sites for hydroxylation is 2. The maximum Gasteiger partial charge on any atom is 0.170 e. The van der Waals surface area contributed by atoms with Crippen LogP contribution in [0.15, 0.2) is 0 Å². The monoisotopic (exact) mass is 227 g/mol. The van der Waals surface area contributed by atoms with E-state index in [-0.39, 0.29) is 12.2 Å². The molecular formula is C11H17NO2S. The van der Waals surface area contributed by atoms with Crippen molar-refractivity contribution in [1.29, 1.82) is 0 Å². The Labute approximate surface area is 94.2 Å². The highest BCUT2D eigenvalue weighted by atomic mass is 32.1. The van der Waals surface area contributed by atoms with Gasteiger partial charge in [0, 0.05) is 4.88 Å². The van der Waals surface area contributed by atoms with Gasteiger partial charge in [-0.2, -0.15) is 0 Å². The van der Waals surface area contributed by atoms with Crippen LogP contribution in [0.1, 0.15) is 35.8 Å². The second-order valence-electron chi connectivity index (χ2n) is 3.98. The molecule has 0 radical (unpaired) electrons. The van der Waals surface area contributed by atoms with E-state index in [1.807, 2.05) is 13.8 Å². The minimum Gasteiger partial charge on any atom is -0.382 e. The van der Waals surface area contributed by atoms with Crippen molar-refractivity contribution in [2.45, 2.75) is 46.1 Å². The number of hydrogen-bond acceptors (Lipinski definition) is 4. The van der Waals surface area contributed by atoms with E-state index < -0.39 is 5.60 Å². The maximum atomic E-state index is 11.7. The Morgan fingerprint density at radius 2 is 2.13 bits per heavy atom. The van der Waals surface area contributed by atoms with Crippen molar-refractivity contribution in [3.05, 3.63) is 15.6 Å². The summed E-state index contributed by atoms with van der Waals surface area (Å²) in [6.45, 7) is 7.27. The van der Waals surface area contributed by atoms with Crippen molar-refractivity contribution in [3.8, 4) is 0 Å². The molecular weight excluding hydrogens is 210 g/mol. The van der Waals surface area contributed by atoms with E-state index in [9.17, 15) is 9.90 Å². The van der Waals surface area contributed by atoms with Crippen LogP contribution in [0.25, 0.3) is 0 Å². The van der Waals surface area contributed by atoms with Gasteiger partial charge in [0.15, 0.2) is 5.78 Å². The molecule has 0 bridgehead atoms. The fourth-order valence-electron chi connectivity index (χ4n) is 1.14. The molecule has 1 heterocycles. The summed E-state index contributed by atoms with van der Waals surface area (Å²) >= 11 is 1.53. The summed E-state index contributed by atoms with van der Waals surface area (Å²) in [5.41, 5.74) is -0.244. The van der Waals surface area contributed by atoms with Crippen LogP contribution in [0.5, 0.6) is 0 Å². The highest BCUT2D eigenvalue weighted by Gasteiger charge is 2.28. The zero-order valence-corrected chi connectivity index (χ0v) is 10.4. The summed E-state index contributed by atoms with van der Waals surface area (Å²) in [6.07, 6.45) is 0.676. The van der Waals surface area contributed by atoms with Crippen molar-refractivity contribution < 1.29 is 9.90 Å². The molecule has 3 nitrogen and oxygen atoms in total. The summed E-state index contributed by atoms with van der Waals surface area (Å²) in [5.74, 6) is -0.154. The predicted molar refractivity (Wildman–Crippen MR) is 61.2 cm³/mol. The maximum absolute atomic E-state index is 11.7. The van der Waals surface area contributed by atoms with Gasteiger partial charge >= 0.3 is 0 Å². The predicted octanol–water partition coefficient (Wildman–Crippen LogP) is 2.03. The fourth-order valence-corrected chi connectivity index (χ4v) is 2.07. The van der Waals surface area contributed by atoms with Crippen molar-refractivity contribution in [3.63, 3.8) is 0 Å². The number of rotatable bonds is 4. The van der Waals surface area contributed by atoms with E-state index in [2.05, 4.69) is 4.98 Å². The third-order valence-corrected chi connectivity index (χ3v) is 3.75. The van der Waals surface area contributed by atoms with Crippen LogP contribution in [-0.2, 0) is 11.2 Å². The van der Waals surface area contributed by atoms with Gasteiger partial charge < -0.3 is 5.11 Å². The van der Waals surface area contributed by atoms with E-state index in [1.165, 1.54) is 11.3 Å². The Morgan fingerprint density at radius 3 is 2.53 bits per heavy atom. The molecule has 0 aliphatic heterocycles. The average molecular weight is 227 g/mol. The number of thiazole rings is 1. The van der Waals surface area contributed by atoms with Gasteiger partial charge in [0.05, 0.1) is 12.1 Å². The number of aromatic nitrogens is 1. The van der Waals surface area contributed by atoms with Gasteiger partial charge in [0.25, 0.3) is 0 Å². The van der Waals surface area contributed by atoms with Crippen molar-refractivity contribution in [2.75, 3.05) is 0 Å². The lowest BCUT2D eigenvalue weighted by molar-refractivity contribution is -0.135. The van der Waals surface area contributed by atoms with Crippen molar-refractivity contribution in [1.82, 2.24) is 4.98 Å². The summed E-state index contributed by atoms with van der Waals surface area (Å²) in [7, 11) is 0. The third kappa shape index (κ3) is 2.86. The Kier molecular flexibility index (Phi) is 3.62. The van der Waals surface area contributed by atoms with Gasteiger partial charge in [-0.1, -0.05) is 6.92 Å². The van der Waals surface area contributed by atoms with Crippen LogP contribution in [-0.4, -0.2) is 21.5 Å². The number of Topliss-reactive ketones (excluding diaryl/α,β-unsaturated/α-hetero) is 1. The molecule has 0 aliphatic rings. The number of carbonyl (C=O) groups excluding carboxylic acids is 1. The lowest BCUT2D eigenvalue weighted by Crippen LogP contribution is -2.35. The molecule has 1 aromatic rings. The smallest absolute Gasteiger partial charge is 0.170 e. The molecule has 0 saturated carbocycles. The van der Waals surface area contributed by atoms with Crippen LogP contribution >= 0.6 is 11.3 Å². The second kappa shape index (κ2) is 4.41. The number of carbonyl (C=O) groups is 1. The number of aliphatic hydroxyl groups is 1. The minimum absolute atomic E-state index is 0.154. The van der Waals surface area contributed by atoms with Crippen LogP contribution < -0.4 is 0 Å². The Morgan fingerprint density at radius 1 is 1.53 bits per heavy atom. The lowest BCUT2D eigenvalue weighted by Gasteiger charge is -2.18. The molecule has 0 aromatic carbocycles. The van der Waals surface area contributed by atoms with E-state index in [0.29, 0.717) is 6.42 Å². The van der Waals surface area contributed by atoms with Gasteiger partial charge in [-0.05, 0) is 27.2 Å². The SMILES string of the molecule is CCC(C)(O)C(=O)Cc1nc(C)c(C)s1. The first kappa shape index (κ1) is 12.3. The topological polar surface area (TPSA) is 50.2 Å². The average Bonchev–Trinajstić information content (AvgIpc) is 2.46. The summed E-state index contributed by atoms with van der Waals surface area (Å²) in [5, 5.41) is 10.6. The summed E-state index contributed by atoms with van der Waals surface area (Å²) in [6, 6.07) is 0. The van der Waals surface area contributed by atoms with E-state index in [1.54, 1.807) is 13.8 Å². The lowest BCUT2D eigenvalue weighted by atomic mass is 9.96. The minimum atomic E-state index is -1.21. The van der Waals surface area contributed by atoms with Crippen LogP contribution in [0.3, 0.4) is 0 Å². The highest BCUT2D eigenvalue weighted by Crippen LogP contribution is 2.20. The van der Waals surface area contributed by atoms with Crippen LogP contribution in [0.4, 0.5) is 0 Å². The molecule has 1 aromatic heterocycles. The van der Waals surface area contributed by atoms with E-state index >= 15 is 0 Å². The molecule has 1 unspecified atom stereocenters. The molecule has 0 saturated heterocycles. The second-order valence-corrected chi connectivity index (χ2v) is 5.26. The number of ketones is 1. The molecule has 0 fully saturated rings. The Bertz CT molecular complexity index is 349. The first-order valence-electron chi connectivity index (χ1n) is 5.05. The van der Waals surface area contributed by atoms with Crippen LogP contribution in [0.2, 0.25) is 0 Å². The highest BCUT2D eigenvalue weighted by molar-refractivity contribution is 7.11. The first-order chi connectivity index (χ1) is 6.86. The standard InChI is InChI=1S/C11H17NO2S/c1-5-11(4,14)9(13)6-10-12-7(2)8(3)15-10/h14H,5-6H2,1-4H3. The fraction of sp³-hybridized carbons (Fsp3) is 0.636. The third-order valence-electron chi connectivity index (χ3n) is 2.67. The van der Waals surface area contributed by atoms with Crippen LogP contribution in [0, 0.1) is 13.8 Å². The van der Waals surface area contributed by atoms with Gasteiger partial charge in [0.2, 0.25) is 0 Å².